The summed E-state index contributed by atoms with van der Waals surface area (Å²) in [6.07, 6.45) is 0.976. The Balaban J connectivity index is 3.17. The zero-order chi connectivity index (χ0) is 7.28. The highest BCUT2D eigenvalue weighted by Crippen LogP contribution is 2.11. The van der Waals surface area contributed by atoms with E-state index in [0.29, 0.717) is 12.8 Å². The molecule has 2 nitrogen and oxygen atoms in total. The van der Waals surface area contributed by atoms with Crippen LogP contribution in [-0.4, -0.2) is 17.4 Å². The molecule has 54 valence electrons. The minimum atomic E-state index is -0.222. The molecule has 9 heavy (non-hydrogen) atoms. The number of ether oxygens (including phenoxy) is 1. The first-order valence-electron chi connectivity index (χ1n) is 2.51. The summed E-state index contributed by atoms with van der Waals surface area (Å²) >= 11 is 8.58. The molecule has 0 aliphatic carbocycles. The van der Waals surface area contributed by atoms with Crippen LogP contribution in [0.2, 0.25) is 0 Å². The first-order valence-corrected chi connectivity index (χ1v) is 3.87. The minimum absolute atomic E-state index is 0.128. The van der Waals surface area contributed by atoms with E-state index in [9.17, 15) is 4.79 Å². The van der Waals surface area contributed by atoms with Crippen molar-refractivity contribution in [2.75, 3.05) is 7.11 Å². The largest absolute Gasteiger partial charge is 0.469 e. The molecular weight excluding hydrogens is 207 g/mol. The van der Waals surface area contributed by atoms with E-state index >= 15 is 0 Å². The Morgan fingerprint density at radius 1 is 1.89 bits per heavy atom. The third-order valence-corrected chi connectivity index (χ3v) is 1.47. The van der Waals surface area contributed by atoms with Gasteiger partial charge in [-0.1, -0.05) is 15.9 Å². The molecule has 0 aromatic rings. The SMILES string of the molecule is COC(=O)CCC(Cl)Br. The van der Waals surface area contributed by atoms with Crippen molar-refractivity contribution in [2.45, 2.75) is 17.1 Å². The van der Waals surface area contributed by atoms with Gasteiger partial charge in [-0.15, -0.1) is 11.6 Å². The highest BCUT2D eigenvalue weighted by Gasteiger charge is 2.03. The molecule has 0 radical (unpaired) electrons. The number of halogens is 2. The molecule has 0 aliphatic rings. The quantitative estimate of drug-likeness (QED) is 0.531. The van der Waals surface area contributed by atoms with Gasteiger partial charge >= 0.3 is 5.97 Å². The fourth-order valence-electron chi connectivity index (χ4n) is 0.329. The molecule has 0 saturated heterocycles. The Hall–Kier alpha value is 0.240. The zero-order valence-electron chi connectivity index (χ0n) is 5.06. The van der Waals surface area contributed by atoms with Crippen molar-refractivity contribution in [2.24, 2.45) is 0 Å². The van der Waals surface area contributed by atoms with Crippen LogP contribution in [0.15, 0.2) is 0 Å². The Kier molecular flexibility index (Phi) is 5.19. The van der Waals surface area contributed by atoms with Gasteiger partial charge in [0.05, 0.1) is 11.4 Å². The normalized spacial score (nSPS) is 12.8. The van der Waals surface area contributed by atoms with Crippen molar-refractivity contribution < 1.29 is 9.53 Å². The second-order valence-corrected chi connectivity index (χ2v) is 3.67. The van der Waals surface area contributed by atoms with E-state index < -0.39 is 0 Å². The second-order valence-electron chi connectivity index (χ2n) is 1.51. The van der Waals surface area contributed by atoms with Crippen LogP contribution in [0.1, 0.15) is 12.8 Å². The monoisotopic (exact) mass is 214 g/mol. The summed E-state index contributed by atoms with van der Waals surface area (Å²) < 4.78 is 4.25. The number of hydrogen-bond acceptors (Lipinski definition) is 2. The Morgan fingerprint density at radius 2 is 2.44 bits per heavy atom. The van der Waals surface area contributed by atoms with Gasteiger partial charge in [0, 0.05) is 6.42 Å². The second kappa shape index (κ2) is 5.06. The highest BCUT2D eigenvalue weighted by molar-refractivity contribution is 9.10. The van der Waals surface area contributed by atoms with Gasteiger partial charge in [-0.2, -0.15) is 0 Å². The van der Waals surface area contributed by atoms with E-state index in [2.05, 4.69) is 20.7 Å². The molecule has 1 unspecified atom stereocenters. The van der Waals surface area contributed by atoms with Crippen molar-refractivity contribution >= 4 is 33.5 Å². The summed E-state index contributed by atoms with van der Waals surface area (Å²) in [4.78, 5) is 10.4. The number of carbonyl (C=O) groups excluding carboxylic acids is 1. The molecule has 0 bridgehead atoms. The van der Waals surface area contributed by atoms with Crippen molar-refractivity contribution in [3.63, 3.8) is 0 Å². The molecule has 0 fully saturated rings. The highest BCUT2D eigenvalue weighted by atomic mass is 79.9. The maximum absolute atomic E-state index is 10.4. The fraction of sp³-hybridized carbons (Fsp3) is 0.800. The van der Waals surface area contributed by atoms with Crippen LogP contribution in [-0.2, 0) is 9.53 Å². The molecule has 1 atom stereocenters. The van der Waals surface area contributed by atoms with Crippen molar-refractivity contribution in [3.05, 3.63) is 0 Å². The lowest BCUT2D eigenvalue weighted by Crippen LogP contribution is -2.01. The maximum atomic E-state index is 10.4. The van der Waals surface area contributed by atoms with Gasteiger partial charge in [0.25, 0.3) is 0 Å². The van der Waals surface area contributed by atoms with Crippen LogP contribution < -0.4 is 0 Å². The number of methoxy groups -OCH3 is 1. The van der Waals surface area contributed by atoms with E-state index in [1.807, 2.05) is 0 Å². The smallest absolute Gasteiger partial charge is 0.305 e. The van der Waals surface area contributed by atoms with Gasteiger partial charge in [0.15, 0.2) is 0 Å². The lowest BCUT2D eigenvalue weighted by Gasteiger charge is -1.98. The topological polar surface area (TPSA) is 26.3 Å². The minimum Gasteiger partial charge on any atom is -0.469 e. The predicted molar refractivity (Wildman–Crippen MR) is 39.8 cm³/mol. The third-order valence-electron chi connectivity index (χ3n) is 0.794. The summed E-state index contributed by atoms with van der Waals surface area (Å²) in [5.41, 5.74) is 0. The van der Waals surface area contributed by atoms with Crippen molar-refractivity contribution in [3.8, 4) is 0 Å². The zero-order valence-corrected chi connectivity index (χ0v) is 7.41. The standard InChI is InChI=1S/C5H8BrClO2/c1-9-5(8)3-2-4(6)7/h4H,2-3H2,1H3. The average molecular weight is 215 g/mol. The summed E-state index contributed by atoms with van der Waals surface area (Å²) in [5.74, 6) is -0.222. The molecule has 4 heteroatoms. The molecule has 0 heterocycles. The van der Waals surface area contributed by atoms with Crippen molar-refractivity contribution in [1.29, 1.82) is 0 Å². The number of esters is 1. The summed E-state index contributed by atoms with van der Waals surface area (Å²) in [5, 5.41) is 0. The van der Waals surface area contributed by atoms with Crippen LogP contribution in [0.4, 0.5) is 0 Å². The average Bonchev–Trinajstić information content (AvgIpc) is 1.83. The lowest BCUT2D eigenvalue weighted by atomic mass is 10.3. The predicted octanol–water partition coefficient (Wildman–Crippen LogP) is 1.90. The van der Waals surface area contributed by atoms with Gasteiger partial charge < -0.3 is 4.74 Å². The maximum Gasteiger partial charge on any atom is 0.305 e. The molecule has 0 aromatic heterocycles. The van der Waals surface area contributed by atoms with Gasteiger partial charge in [-0.25, -0.2) is 0 Å². The van der Waals surface area contributed by atoms with Gasteiger partial charge in [0.1, 0.15) is 0 Å². The van der Waals surface area contributed by atoms with Gasteiger partial charge in [-0.05, 0) is 6.42 Å². The molecular formula is C5H8BrClO2. The molecule has 0 aliphatic heterocycles. The number of carbonyl (C=O) groups is 1. The van der Waals surface area contributed by atoms with Crippen LogP contribution >= 0.6 is 27.5 Å². The van der Waals surface area contributed by atoms with E-state index in [1.165, 1.54) is 7.11 Å². The van der Waals surface area contributed by atoms with E-state index in [4.69, 9.17) is 11.6 Å². The van der Waals surface area contributed by atoms with E-state index in [0.717, 1.165) is 0 Å². The number of rotatable bonds is 3. The van der Waals surface area contributed by atoms with Crippen LogP contribution in [0.5, 0.6) is 0 Å². The molecule has 0 rings (SSSR count). The molecule has 0 N–H and O–H groups in total. The third kappa shape index (κ3) is 6.12. The van der Waals surface area contributed by atoms with Crippen LogP contribution in [0, 0.1) is 0 Å². The van der Waals surface area contributed by atoms with Gasteiger partial charge in [-0.3, -0.25) is 4.79 Å². The first kappa shape index (κ1) is 9.24. The number of hydrogen-bond donors (Lipinski definition) is 0. The fourth-order valence-corrected chi connectivity index (χ4v) is 0.667. The lowest BCUT2D eigenvalue weighted by molar-refractivity contribution is -0.140. The van der Waals surface area contributed by atoms with E-state index in [1.54, 1.807) is 0 Å². The van der Waals surface area contributed by atoms with Crippen LogP contribution in [0.25, 0.3) is 0 Å². The summed E-state index contributed by atoms with van der Waals surface area (Å²) in [7, 11) is 1.36. The van der Waals surface area contributed by atoms with Crippen molar-refractivity contribution in [1.82, 2.24) is 0 Å². The Morgan fingerprint density at radius 3 is 2.78 bits per heavy atom. The Bertz CT molecular complexity index is 95.0. The Labute approximate surface area is 67.6 Å². The van der Waals surface area contributed by atoms with E-state index in [-0.39, 0.29) is 10.3 Å². The summed E-state index contributed by atoms with van der Waals surface area (Å²) in [6.45, 7) is 0. The molecule has 0 saturated carbocycles. The summed E-state index contributed by atoms with van der Waals surface area (Å²) in [6, 6.07) is 0. The first-order chi connectivity index (χ1) is 4.16. The van der Waals surface area contributed by atoms with Crippen LogP contribution in [0.3, 0.4) is 0 Å². The van der Waals surface area contributed by atoms with Gasteiger partial charge in [0.2, 0.25) is 0 Å². The number of alkyl halides is 2. The molecule has 0 amide bonds. The molecule has 0 aromatic carbocycles. The molecule has 0 spiro atoms.